The molecule has 0 saturated heterocycles. The zero-order chi connectivity index (χ0) is 19.8. The van der Waals surface area contributed by atoms with Crippen LogP contribution >= 0.6 is 11.8 Å². The number of para-hydroxylation sites is 1. The van der Waals surface area contributed by atoms with Gasteiger partial charge in [-0.05, 0) is 47.3 Å². The number of thioether (sulfide) groups is 1. The fourth-order valence-corrected chi connectivity index (χ4v) is 3.80. The minimum absolute atomic E-state index is 0.118. The molecule has 0 spiro atoms. The van der Waals surface area contributed by atoms with Gasteiger partial charge in [-0.2, -0.15) is 0 Å². The average molecular weight is 397 g/mol. The molecule has 8 heteroatoms. The molecule has 0 unspecified atom stereocenters. The van der Waals surface area contributed by atoms with E-state index in [0.717, 1.165) is 0 Å². The lowest BCUT2D eigenvalue weighted by molar-refractivity contribution is -0.763. The van der Waals surface area contributed by atoms with Crippen LogP contribution in [-0.2, 0) is 4.79 Å². The maximum absolute atomic E-state index is 13.5. The summed E-state index contributed by atoms with van der Waals surface area (Å²) in [6.45, 7) is 1.78. The van der Waals surface area contributed by atoms with Crippen LogP contribution < -0.4 is 15.1 Å². The van der Waals surface area contributed by atoms with Crippen LogP contribution in [0.25, 0.3) is 11.3 Å². The second-order valence-corrected chi connectivity index (χ2v) is 7.11. The van der Waals surface area contributed by atoms with Crippen molar-refractivity contribution >= 4 is 23.4 Å². The number of H-pyrrole nitrogens is 1. The first-order valence-electron chi connectivity index (χ1n) is 8.82. The number of benzene rings is 2. The van der Waals surface area contributed by atoms with E-state index in [4.69, 9.17) is 0 Å². The van der Waals surface area contributed by atoms with E-state index in [0.29, 0.717) is 27.7 Å². The molecule has 142 valence electrons. The maximum atomic E-state index is 13.5. The van der Waals surface area contributed by atoms with Crippen molar-refractivity contribution in [2.75, 3.05) is 11.2 Å². The highest BCUT2D eigenvalue weighted by Crippen LogP contribution is 2.37. The van der Waals surface area contributed by atoms with Gasteiger partial charge in [0.15, 0.2) is 0 Å². The number of rotatable bonds is 3. The number of amides is 1. The van der Waals surface area contributed by atoms with Crippen molar-refractivity contribution in [2.24, 2.45) is 0 Å². The molecular formula is C20H18FN4O2S+. The van der Waals surface area contributed by atoms with Crippen LogP contribution in [0, 0.1) is 5.82 Å². The van der Waals surface area contributed by atoms with Crippen LogP contribution in [0.2, 0.25) is 0 Å². The smallest absolute Gasteiger partial charge is 0.291 e. The molecule has 0 aliphatic carbocycles. The fourth-order valence-electron chi connectivity index (χ4n) is 3.44. The Bertz CT molecular complexity index is 1110. The first-order valence-corrected chi connectivity index (χ1v) is 10.0. The van der Waals surface area contributed by atoms with Crippen molar-refractivity contribution in [3.63, 3.8) is 0 Å². The highest BCUT2D eigenvalue weighted by Gasteiger charge is 2.45. The van der Waals surface area contributed by atoms with Crippen molar-refractivity contribution in [1.29, 1.82) is 0 Å². The molecule has 3 aromatic rings. The van der Waals surface area contributed by atoms with Crippen LogP contribution in [0.5, 0.6) is 0 Å². The van der Waals surface area contributed by atoms with E-state index in [1.54, 1.807) is 34.7 Å². The van der Waals surface area contributed by atoms with E-state index < -0.39 is 6.17 Å². The van der Waals surface area contributed by atoms with E-state index in [1.807, 2.05) is 24.5 Å². The van der Waals surface area contributed by atoms with Gasteiger partial charge in [0, 0.05) is 17.1 Å². The third-order valence-corrected chi connectivity index (χ3v) is 5.26. The van der Waals surface area contributed by atoms with Gasteiger partial charge in [-0.25, -0.2) is 9.29 Å². The lowest BCUT2D eigenvalue weighted by atomic mass is 10.0. The molecule has 1 aliphatic rings. The van der Waals surface area contributed by atoms with E-state index in [2.05, 4.69) is 10.1 Å². The van der Waals surface area contributed by atoms with Crippen molar-refractivity contribution in [1.82, 2.24) is 10.1 Å². The number of aromatic nitrogens is 3. The topological polar surface area (TPSA) is 69.9 Å². The Kier molecular flexibility index (Phi) is 4.72. The van der Waals surface area contributed by atoms with E-state index in [-0.39, 0.29) is 23.7 Å². The third-order valence-electron chi connectivity index (χ3n) is 4.69. The minimum atomic E-state index is -0.689. The summed E-state index contributed by atoms with van der Waals surface area (Å²) in [5.74, 6) is -0.491. The van der Waals surface area contributed by atoms with E-state index in [1.165, 1.54) is 23.9 Å². The number of hydrogen-bond acceptors (Lipinski definition) is 4. The lowest BCUT2D eigenvalue weighted by Gasteiger charge is -2.31. The summed E-state index contributed by atoms with van der Waals surface area (Å²) in [5, 5.41) is 5.01. The number of carbonyl (C=O) groups excluding carboxylic acids is 1. The van der Waals surface area contributed by atoms with Gasteiger partial charge < -0.3 is 0 Å². The van der Waals surface area contributed by atoms with Gasteiger partial charge >= 0.3 is 11.3 Å². The van der Waals surface area contributed by atoms with Crippen LogP contribution in [-0.4, -0.2) is 22.2 Å². The standard InChI is InChI=1S/C20H17FN4O2S/c1-3-16(26)24-15-7-5-4-6-14(15)17-18(27)22-20(28-2)23-25(17)19(24)12-8-10-13(21)11-9-12/h4-11,19H,3H2,1-2H3/p+1/t19-/m0/s1. The lowest BCUT2D eigenvalue weighted by Crippen LogP contribution is -2.60. The second kappa shape index (κ2) is 7.20. The van der Waals surface area contributed by atoms with E-state index >= 15 is 0 Å². The second-order valence-electron chi connectivity index (χ2n) is 6.32. The number of halogens is 1. The summed E-state index contributed by atoms with van der Waals surface area (Å²) >= 11 is 1.30. The molecule has 0 fully saturated rings. The number of fused-ring (bicyclic) bond motifs is 3. The largest absolute Gasteiger partial charge is 0.325 e. The molecule has 1 amide bonds. The molecule has 0 bridgehead atoms. The Morgan fingerprint density at radius 2 is 1.96 bits per heavy atom. The van der Waals surface area contributed by atoms with E-state index in [9.17, 15) is 14.0 Å². The number of anilines is 1. The number of nitrogens with one attached hydrogen (secondary N) is 1. The van der Waals surface area contributed by atoms with Gasteiger partial charge in [-0.1, -0.05) is 30.8 Å². The van der Waals surface area contributed by atoms with Gasteiger partial charge in [-0.3, -0.25) is 14.6 Å². The summed E-state index contributed by atoms with van der Waals surface area (Å²) in [5.41, 5.74) is 2.00. The monoisotopic (exact) mass is 397 g/mol. The zero-order valence-corrected chi connectivity index (χ0v) is 16.2. The summed E-state index contributed by atoms with van der Waals surface area (Å²) < 4.78 is 15.1. The Morgan fingerprint density at radius 1 is 1.25 bits per heavy atom. The Morgan fingerprint density at radius 3 is 2.64 bits per heavy atom. The summed E-state index contributed by atoms with van der Waals surface area (Å²) in [6, 6.07) is 13.2. The van der Waals surface area contributed by atoms with Gasteiger partial charge in [0.1, 0.15) is 5.82 Å². The zero-order valence-electron chi connectivity index (χ0n) is 15.3. The molecule has 0 saturated carbocycles. The molecule has 2 heterocycles. The van der Waals surface area contributed by atoms with Gasteiger partial charge in [0.2, 0.25) is 11.1 Å². The third kappa shape index (κ3) is 2.90. The Labute approximate surface area is 165 Å². The SMILES string of the molecule is CCC(=O)N1c2ccccc2-c2c(=O)[nH]c(SC)n[n+]2[C@H]1c1ccc(F)cc1. The molecule has 1 aliphatic heterocycles. The molecule has 1 N–H and O–H groups in total. The highest BCUT2D eigenvalue weighted by atomic mass is 32.2. The van der Waals surface area contributed by atoms with Crippen molar-refractivity contribution in [3.05, 3.63) is 70.3 Å². The normalized spacial score (nSPS) is 15.1. The molecule has 0 radical (unpaired) electrons. The fraction of sp³-hybridized carbons (Fsp3) is 0.200. The van der Waals surface area contributed by atoms with Gasteiger partial charge in [0.05, 0.1) is 11.3 Å². The molecule has 4 rings (SSSR count). The molecule has 28 heavy (non-hydrogen) atoms. The number of nitrogens with zero attached hydrogens (tertiary/aromatic N) is 3. The Balaban J connectivity index is 2.08. The Hall–Kier alpha value is -3.00. The number of hydrogen-bond donors (Lipinski definition) is 1. The summed E-state index contributed by atoms with van der Waals surface area (Å²) in [6.07, 6.45) is 1.40. The maximum Gasteiger partial charge on any atom is 0.325 e. The molecule has 6 nitrogen and oxygen atoms in total. The van der Waals surface area contributed by atoms with Crippen LogP contribution in [0.3, 0.4) is 0 Å². The molecule has 1 atom stereocenters. The predicted octanol–water partition coefficient (Wildman–Crippen LogP) is 2.89. The molecule has 1 aromatic heterocycles. The number of carbonyl (C=O) groups is 1. The first kappa shape index (κ1) is 18.4. The van der Waals surface area contributed by atoms with Crippen LogP contribution in [0.1, 0.15) is 25.1 Å². The molecule has 2 aromatic carbocycles. The van der Waals surface area contributed by atoms with Crippen molar-refractivity contribution < 1.29 is 13.9 Å². The summed E-state index contributed by atoms with van der Waals surface area (Å²) in [4.78, 5) is 30.2. The highest BCUT2D eigenvalue weighted by molar-refractivity contribution is 7.98. The van der Waals surface area contributed by atoms with Gasteiger partial charge in [0.25, 0.3) is 6.17 Å². The van der Waals surface area contributed by atoms with Gasteiger partial charge in [-0.15, -0.1) is 0 Å². The quantitative estimate of drug-likeness (QED) is 0.545. The van der Waals surface area contributed by atoms with Crippen LogP contribution in [0.4, 0.5) is 10.1 Å². The number of aromatic amines is 1. The van der Waals surface area contributed by atoms with Crippen LogP contribution in [0.15, 0.2) is 58.5 Å². The minimum Gasteiger partial charge on any atom is -0.291 e. The van der Waals surface area contributed by atoms with Crippen molar-refractivity contribution in [3.8, 4) is 11.3 Å². The first-order chi connectivity index (χ1) is 13.5. The average Bonchev–Trinajstić information content (AvgIpc) is 2.72. The molecular weight excluding hydrogens is 379 g/mol. The summed E-state index contributed by atoms with van der Waals surface area (Å²) in [7, 11) is 0. The predicted molar refractivity (Wildman–Crippen MR) is 105 cm³/mol. The van der Waals surface area contributed by atoms with Crippen molar-refractivity contribution in [2.45, 2.75) is 24.7 Å².